The van der Waals surface area contributed by atoms with E-state index in [-0.39, 0.29) is 12.4 Å². The van der Waals surface area contributed by atoms with E-state index in [4.69, 9.17) is 22.0 Å². The molecule has 0 bridgehead atoms. The highest BCUT2D eigenvalue weighted by molar-refractivity contribution is 5.99. The van der Waals surface area contributed by atoms with Gasteiger partial charge in [0.15, 0.2) is 0 Å². The lowest BCUT2D eigenvalue weighted by atomic mass is 10.1. The first-order valence-corrected chi connectivity index (χ1v) is 3.49. The van der Waals surface area contributed by atoms with Crippen LogP contribution in [0, 0.1) is 5.41 Å². The van der Waals surface area contributed by atoms with Gasteiger partial charge in [-0.05, 0) is 17.7 Å². The monoisotopic (exact) mass is 165 g/mol. The lowest BCUT2D eigenvalue weighted by Gasteiger charge is -2.04. The van der Waals surface area contributed by atoms with E-state index in [1.54, 1.807) is 18.2 Å². The number of benzene rings is 1. The average molecular weight is 165 g/mol. The molecule has 0 atom stereocenters. The fraction of sp³-hybridized carbons (Fsp3) is 0.125. The molecule has 0 aliphatic carbocycles. The van der Waals surface area contributed by atoms with Crippen LogP contribution in [-0.4, -0.2) is 10.9 Å². The Balaban J connectivity index is 3.12. The zero-order chi connectivity index (χ0) is 9.14. The van der Waals surface area contributed by atoms with E-state index in [9.17, 15) is 0 Å². The molecule has 6 N–H and O–H groups in total. The molecule has 0 aromatic heterocycles. The Bertz CT molecular complexity index is 309. The van der Waals surface area contributed by atoms with Gasteiger partial charge in [0.1, 0.15) is 5.84 Å². The van der Waals surface area contributed by atoms with Crippen molar-refractivity contribution in [2.45, 2.75) is 6.61 Å². The minimum Gasteiger partial charge on any atom is -0.398 e. The van der Waals surface area contributed by atoms with Gasteiger partial charge in [-0.3, -0.25) is 5.41 Å². The third-order valence-corrected chi connectivity index (χ3v) is 1.59. The van der Waals surface area contributed by atoms with Crippen LogP contribution in [-0.2, 0) is 6.61 Å². The maximum absolute atomic E-state index is 8.75. The Kier molecular flexibility index (Phi) is 2.30. The molecule has 0 fully saturated rings. The number of aliphatic hydroxyl groups is 1. The third kappa shape index (κ3) is 1.54. The molecule has 0 aliphatic rings. The van der Waals surface area contributed by atoms with E-state index in [0.29, 0.717) is 11.3 Å². The van der Waals surface area contributed by atoms with Crippen molar-refractivity contribution in [2.75, 3.05) is 5.73 Å². The predicted octanol–water partition coefficient (Wildman–Crippen LogP) is 0.0452. The molecule has 0 heterocycles. The summed E-state index contributed by atoms with van der Waals surface area (Å²) >= 11 is 0. The number of nitrogens with one attached hydrogen (secondary N) is 1. The summed E-state index contributed by atoms with van der Waals surface area (Å²) in [4.78, 5) is 0. The molecule has 0 saturated carbocycles. The molecule has 1 rings (SSSR count). The number of amidine groups is 1. The fourth-order valence-corrected chi connectivity index (χ4v) is 0.956. The van der Waals surface area contributed by atoms with Gasteiger partial charge in [0.25, 0.3) is 0 Å². The molecule has 12 heavy (non-hydrogen) atoms. The Hall–Kier alpha value is -1.55. The fourth-order valence-electron chi connectivity index (χ4n) is 0.956. The first-order valence-electron chi connectivity index (χ1n) is 3.49. The number of nitrogen functional groups attached to an aromatic ring is 2. The highest BCUT2D eigenvalue weighted by Gasteiger charge is 2.01. The summed E-state index contributed by atoms with van der Waals surface area (Å²) < 4.78 is 0. The molecule has 1 aromatic carbocycles. The number of aliphatic hydroxyl groups excluding tert-OH is 1. The van der Waals surface area contributed by atoms with E-state index in [2.05, 4.69) is 0 Å². The summed E-state index contributed by atoms with van der Waals surface area (Å²) in [7, 11) is 0. The molecule has 64 valence electrons. The van der Waals surface area contributed by atoms with Gasteiger partial charge in [0.05, 0.1) is 6.61 Å². The Morgan fingerprint density at radius 1 is 1.50 bits per heavy atom. The first kappa shape index (κ1) is 8.55. The summed E-state index contributed by atoms with van der Waals surface area (Å²) in [6, 6.07) is 4.92. The topological polar surface area (TPSA) is 96.1 Å². The predicted molar refractivity (Wildman–Crippen MR) is 47.8 cm³/mol. The molecule has 0 amide bonds. The van der Waals surface area contributed by atoms with Crippen molar-refractivity contribution >= 4 is 11.5 Å². The van der Waals surface area contributed by atoms with Crippen LogP contribution in [0.3, 0.4) is 0 Å². The van der Waals surface area contributed by atoms with Crippen LogP contribution in [0.25, 0.3) is 0 Å². The average Bonchev–Trinajstić information content (AvgIpc) is 2.03. The Morgan fingerprint density at radius 3 is 2.58 bits per heavy atom. The van der Waals surface area contributed by atoms with Crippen LogP contribution >= 0.6 is 0 Å². The number of hydrogen-bond donors (Lipinski definition) is 4. The molecular formula is C8H11N3O. The summed E-state index contributed by atoms with van der Waals surface area (Å²) in [5.41, 5.74) is 12.5. The van der Waals surface area contributed by atoms with Crippen LogP contribution < -0.4 is 11.5 Å². The van der Waals surface area contributed by atoms with Gasteiger partial charge in [0.2, 0.25) is 0 Å². The summed E-state index contributed by atoms with van der Waals surface area (Å²) in [5.74, 6) is -0.0583. The highest BCUT2D eigenvalue weighted by Crippen LogP contribution is 2.13. The molecule has 0 radical (unpaired) electrons. The van der Waals surface area contributed by atoms with E-state index < -0.39 is 0 Å². The largest absolute Gasteiger partial charge is 0.398 e. The Morgan fingerprint density at radius 2 is 2.17 bits per heavy atom. The second-order valence-electron chi connectivity index (χ2n) is 2.49. The van der Waals surface area contributed by atoms with Gasteiger partial charge < -0.3 is 16.6 Å². The molecule has 0 spiro atoms. The zero-order valence-electron chi connectivity index (χ0n) is 6.54. The van der Waals surface area contributed by atoms with E-state index in [1.807, 2.05) is 0 Å². The highest BCUT2D eigenvalue weighted by atomic mass is 16.3. The van der Waals surface area contributed by atoms with Crippen molar-refractivity contribution in [2.24, 2.45) is 5.73 Å². The summed E-state index contributed by atoms with van der Waals surface area (Å²) in [6.45, 7) is -0.0532. The molecule has 4 heteroatoms. The first-order chi connectivity index (χ1) is 5.65. The van der Waals surface area contributed by atoms with Crippen LogP contribution in [0.2, 0.25) is 0 Å². The van der Waals surface area contributed by atoms with Crippen molar-refractivity contribution in [3.63, 3.8) is 0 Å². The van der Waals surface area contributed by atoms with E-state index in [0.717, 1.165) is 5.56 Å². The van der Waals surface area contributed by atoms with Crippen molar-refractivity contribution in [1.29, 1.82) is 5.41 Å². The summed E-state index contributed by atoms with van der Waals surface area (Å²) in [5, 5.41) is 15.9. The van der Waals surface area contributed by atoms with Crippen molar-refractivity contribution in [3.05, 3.63) is 29.3 Å². The number of nitrogens with two attached hydrogens (primary N) is 2. The van der Waals surface area contributed by atoms with Gasteiger partial charge in [-0.2, -0.15) is 0 Å². The minimum atomic E-state index is -0.0583. The quantitative estimate of drug-likeness (QED) is 0.283. The van der Waals surface area contributed by atoms with Crippen LogP contribution in [0.5, 0.6) is 0 Å². The second-order valence-corrected chi connectivity index (χ2v) is 2.49. The third-order valence-electron chi connectivity index (χ3n) is 1.59. The van der Waals surface area contributed by atoms with Crippen molar-refractivity contribution < 1.29 is 5.11 Å². The number of rotatable bonds is 2. The second kappa shape index (κ2) is 3.23. The van der Waals surface area contributed by atoms with Crippen LogP contribution in [0.15, 0.2) is 18.2 Å². The van der Waals surface area contributed by atoms with Gasteiger partial charge in [-0.15, -0.1) is 0 Å². The van der Waals surface area contributed by atoms with Crippen LogP contribution in [0.4, 0.5) is 5.69 Å². The maximum atomic E-state index is 8.75. The standard InChI is InChI=1S/C8H11N3O/c9-7-3-5(4-12)1-2-6(7)8(10)11/h1-3,12H,4,9H2,(H3,10,11). The van der Waals surface area contributed by atoms with Gasteiger partial charge >= 0.3 is 0 Å². The zero-order valence-corrected chi connectivity index (χ0v) is 6.54. The molecule has 0 saturated heterocycles. The van der Waals surface area contributed by atoms with Gasteiger partial charge in [-0.1, -0.05) is 6.07 Å². The molecular weight excluding hydrogens is 154 g/mol. The maximum Gasteiger partial charge on any atom is 0.124 e. The lowest BCUT2D eigenvalue weighted by Crippen LogP contribution is -2.13. The van der Waals surface area contributed by atoms with Crippen molar-refractivity contribution in [3.8, 4) is 0 Å². The Labute approximate surface area is 70.3 Å². The van der Waals surface area contributed by atoms with Gasteiger partial charge in [-0.25, -0.2) is 0 Å². The molecule has 4 nitrogen and oxygen atoms in total. The number of anilines is 1. The SMILES string of the molecule is N=C(N)c1ccc(CO)cc1N. The van der Waals surface area contributed by atoms with E-state index in [1.165, 1.54) is 0 Å². The summed E-state index contributed by atoms with van der Waals surface area (Å²) in [6.07, 6.45) is 0. The lowest BCUT2D eigenvalue weighted by molar-refractivity contribution is 0.282. The molecule has 1 aromatic rings. The molecule has 0 aliphatic heterocycles. The molecule has 0 unspecified atom stereocenters. The van der Waals surface area contributed by atoms with Gasteiger partial charge in [0, 0.05) is 11.3 Å². The smallest absolute Gasteiger partial charge is 0.124 e. The minimum absolute atomic E-state index is 0.0532. The van der Waals surface area contributed by atoms with E-state index >= 15 is 0 Å². The normalized spacial score (nSPS) is 9.75. The number of hydrogen-bond acceptors (Lipinski definition) is 3. The van der Waals surface area contributed by atoms with Crippen molar-refractivity contribution in [1.82, 2.24) is 0 Å². The van der Waals surface area contributed by atoms with Crippen LogP contribution in [0.1, 0.15) is 11.1 Å².